The van der Waals surface area contributed by atoms with Gasteiger partial charge in [0.2, 0.25) is 0 Å². The van der Waals surface area contributed by atoms with E-state index in [0.717, 1.165) is 36.7 Å². The van der Waals surface area contributed by atoms with Crippen LogP contribution in [0.2, 0.25) is 0 Å². The second-order valence-corrected chi connectivity index (χ2v) is 5.89. The van der Waals surface area contributed by atoms with E-state index in [2.05, 4.69) is 32.2 Å². The van der Waals surface area contributed by atoms with Crippen LogP contribution in [-0.4, -0.2) is 31.6 Å². The SMILES string of the molecule is c1ccc(-c2n[nH]c([C@@H]3CCCN3Cc3ccncc3)n2)cc1. The van der Waals surface area contributed by atoms with Gasteiger partial charge in [0.1, 0.15) is 5.82 Å². The molecule has 116 valence electrons. The second-order valence-electron chi connectivity index (χ2n) is 5.89. The van der Waals surface area contributed by atoms with Crippen LogP contribution in [0.15, 0.2) is 54.9 Å². The average Bonchev–Trinajstić information content (AvgIpc) is 3.25. The van der Waals surface area contributed by atoms with Gasteiger partial charge in [-0.15, -0.1) is 0 Å². The molecule has 0 spiro atoms. The monoisotopic (exact) mass is 305 g/mol. The highest BCUT2D eigenvalue weighted by molar-refractivity contribution is 5.53. The number of rotatable bonds is 4. The molecule has 1 N–H and O–H groups in total. The average molecular weight is 305 g/mol. The molecule has 1 atom stereocenters. The summed E-state index contributed by atoms with van der Waals surface area (Å²) >= 11 is 0. The molecule has 5 nitrogen and oxygen atoms in total. The van der Waals surface area contributed by atoms with Crippen molar-refractivity contribution in [1.29, 1.82) is 0 Å². The fraction of sp³-hybridized carbons (Fsp3) is 0.278. The van der Waals surface area contributed by atoms with E-state index in [4.69, 9.17) is 4.98 Å². The number of H-pyrrole nitrogens is 1. The Hall–Kier alpha value is -2.53. The molecule has 4 rings (SSSR count). The maximum Gasteiger partial charge on any atom is 0.181 e. The van der Waals surface area contributed by atoms with Crippen molar-refractivity contribution in [2.75, 3.05) is 6.54 Å². The molecule has 1 aliphatic heterocycles. The largest absolute Gasteiger partial charge is 0.289 e. The predicted octanol–water partition coefficient (Wildman–Crippen LogP) is 3.20. The number of hydrogen-bond acceptors (Lipinski definition) is 4. The van der Waals surface area contributed by atoms with E-state index in [9.17, 15) is 0 Å². The Bertz CT molecular complexity index is 753. The van der Waals surface area contributed by atoms with E-state index < -0.39 is 0 Å². The highest BCUT2D eigenvalue weighted by Gasteiger charge is 2.28. The smallest absolute Gasteiger partial charge is 0.181 e. The van der Waals surface area contributed by atoms with Crippen molar-refractivity contribution in [2.45, 2.75) is 25.4 Å². The molecular formula is C18H19N5. The minimum atomic E-state index is 0.313. The molecule has 0 aliphatic carbocycles. The van der Waals surface area contributed by atoms with Crippen LogP contribution in [0.3, 0.4) is 0 Å². The molecule has 1 saturated heterocycles. The Balaban J connectivity index is 1.54. The van der Waals surface area contributed by atoms with Crippen LogP contribution in [0.1, 0.15) is 30.3 Å². The molecule has 23 heavy (non-hydrogen) atoms. The van der Waals surface area contributed by atoms with Crippen molar-refractivity contribution in [3.63, 3.8) is 0 Å². The molecule has 3 heterocycles. The third-order valence-corrected chi connectivity index (χ3v) is 4.35. The van der Waals surface area contributed by atoms with Crippen LogP contribution >= 0.6 is 0 Å². The predicted molar refractivity (Wildman–Crippen MR) is 88.4 cm³/mol. The van der Waals surface area contributed by atoms with Crippen LogP contribution in [0.5, 0.6) is 0 Å². The zero-order valence-corrected chi connectivity index (χ0v) is 12.9. The number of pyridine rings is 1. The number of likely N-dealkylation sites (tertiary alicyclic amines) is 1. The summed E-state index contributed by atoms with van der Waals surface area (Å²) in [5, 5.41) is 7.55. The minimum Gasteiger partial charge on any atom is -0.289 e. The molecule has 1 aliphatic rings. The van der Waals surface area contributed by atoms with Gasteiger partial charge in [0.15, 0.2) is 5.82 Å². The zero-order chi connectivity index (χ0) is 15.5. The molecule has 0 saturated carbocycles. The van der Waals surface area contributed by atoms with Crippen LogP contribution in [0.25, 0.3) is 11.4 Å². The van der Waals surface area contributed by atoms with Crippen molar-refractivity contribution in [2.24, 2.45) is 0 Å². The topological polar surface area (TPSA) is 57.7 Å². The maximum absolute atomic E-state index is 4.73. The summed E-state index contributed by atoms with van der Waals surface area (Å²) in [5.41, 5.74) is 2.34. The van der Waals surface area contributed by atoms with Crippen LogP contribution in [0.4, 0.5) is 0 Å². The number of nitrogens with one attached hydrogen (secondary N) is 1. The molecular weight excluding hydrogens is 286 g/mol. The summed E-state index contributed by atoms with van der Waals surface area (Å²) in [5.74, 6) is 1.74. The maximum atomic E-state index is 4.73. The first-order valence-electron chi connectivity index (χ1n) is 8.01. The summed E-state index contributed by atoms with van der Waals surface area (Å²) in [6.45, 7) is 2.02. The third-order valence-electron chi connectivity index (χ3n) is 4.35. The number of benzene rings is 1. The van der Waals surface area contributed by atoms with Gasteiger partial charge in [0.25, 0.3) is 0 Å². The van der Waals surface area contributed by atoms with Gasteiger partial charge in [0.05, 0.1) is 6.04 Å². The van der Waals surface area contributed by atoms with Crippen LogP contribution in [-0.2, 0) is 6.54 Å². The standard InChI is InChI=1S/C18H19N5/c1-2-5-15(6-3-1)17-20-18(22-21-17)16-7-4-12-23(16)13-14-8-10-19-11-9-14/h1-3,5-6,8-11,16H,4,7,12-13H2,(H,20,21,22)/t16-/m0/s1. The first-order chi connectivity index (χ1) is 11.4. The fourth-order valence-corrected chi connectivity index (χ4v) is 3.19. The van der Waals surface area contributed by atoms with Gasteiger partial charge in [0, 0.05) is 24.5 Å². The van der Waals surface area contributed by atoms with Gasteiger partial charge in [-0.3, -0.25) is 15.0 Å². The van der Waals surface area contributed by atoms with Crippen molar-refractivity contribution in [3.05, 3.63) is 66.2 Å². The molecule has 1 fully saturated rings. The van der Waals surface area contributed by atoms with Crippen LogP contribution in [0, 0.1) is 0 Å². The Morgan fingerprint density at radius 3 is 2.74 bits per heavy atom. The second kappa shape index (κ2) is 6.30. The molecule has 0 radical (unpaired) electrons. The lowest BCUT2D eigenvalue weighted by atomic mass is 10.2. The van der Waals surface area contributed by atoms with Gasteiger partial charge in [-0.1, -0.05) is 30.3 Å². The summed E-state index contributed by atoms with van der Waals surface area (Å²) in [7, 11) is 0. The first kappa shape index (κ1) is 14.1. The van der Waals surface area contributed by atoms with Crippen molar-refractivity contribution >= 4 is 0 Å². The molecule has 2 aromatic heterocycles. The van der Waals surface area contributed by atoms with Gasteiger partial charge in [-0.2, -0.15) is 5.10 Å². The lowest BCUT2D eigenvalue weighted by Gasteiger charge is -2.22. The summed E-state index contributed by atoms with van der Waals surface area (Å²) in [6.07, 6.45) is 6.01. The van der Waals surface area contributed by atoms with E-state index in [1.165, 1.54) is 12.0 Å². The fourth-order valence-electron chi connectivity index (χ4n) is 3.19. The van der Waals surface area contributed by atoms with Gasteiger partial charge in [-0.05, 0) is 37.1 Å². The summed E-state index contributed by atoms with van der Waals surface area (Å²) in [6, 6.07) is 14.6. The van der Waals surface area contributed by atoms with Crippen molar-refractivity contribution in [3.8, 4) is 11.4 Å². The minimum absolute atomic E-state index is 0.313. The molecule has 0 bridgehead atoms. The number of hydrogen-bond donors (Lipinski definition) is 1. The highest BCUT2D eigenvalue weighted by Crippen LogP contribution is 2.31. The quantitative estimate of drug-likeness (QED) is 0.804. The molecule has 0 unspecified atom stereocenters. The first-order valence-corrected chi connectivity index (χ1v) is 8.01. The van der Waals surface area contributed by atoms with Crippen LogP contribution < -0.4 is 0 Å². The van der Waals surface area contributed by atoms with Gasteiger partial charge >= 0.3 is 0 Å². The van der Waals surface area contributed by atoms with E-state index in [1.807, 2.05) is 42.7 Å². The Kier molecular flexibility index (Phi) is 3.86. The zero-order valence-electron chi connectivity index (χ0n) is 12.9. The van der Waals surface area contributed by atoms with Crippen molar-refractivity contribution in [1.82, 2.24) is 25.1 Å². The van der Waals surface area contributed by atoms with Gasteiger partial charge < -0.3 is 0 Å². The highest BCUT2D eigenvalue weighted by atomic mass is 15.3. The normalized spacial score (nSPS) is 18.3. The molecule has 1 aromatic carbocycles. The lowest BCUT2D eigenvalue weighted by molar-refractivity contribution is 0.240. The van der Waals surface area contributed by atoms with Crippen molar-refractivity contribution < 1.29 is 0 Å². The summed E-state index contributed by atoms with van der Waals surface area (Å²) in [4.78, 5) is 11.3. The Morgan fingerprint density at radius 1 is 1.09 bits per heavy atom. The van der Waals surface area contributed by atoms with E-state index in [1.54, 1.807) is 0 Å². The van der Waals surface area contributed by atoms with E-state index >= 15 is 0 Å². The Labute approximate surface area is 135 Å². The molecule has 3 aromatic rings. The third kappa shape index (κ3) is 3.00. The number of aromatic nitrogens is 4. The molecule has 0 amide bonds. The number of nitrogens with zero attached hydrogens (tertiary/aromatic N) is 4. The van der Waals surface area contributed by atoms with E-state index in [-0.39, 0.29) is 0 Å². The lowest BCUT2D eigenvalue weighted by Crippen LogP contribution is -2.23. The van der Waals surface area contributed by atoms with Gasteiger partial charge in [-0.25, -0.2) is 4.98 Å². The summed E-state index contributed by atoms with van der Waals surface area (Å²) < 4.78 is 0. The Morgan fingerprint density at radius 2 is 1.91 bits per heavy atom. The molecule has 5 heteroatoms. The number of aromatic amines is 1. The van der Waals surface area contributed by atoms with E-state index in [0.29, 0.717) is 6.04 Å².